The van der Waals surface area contributed by atoms with Gasteiger partial charge in [-0.3, -0.25) is 29.4 Å². The molecule has 178 valence electrons. The second-order valence-corrected chi connectivity index (χ2v) is 8.40. The van der Waals surface area contributed by atoms with Crippen LogP contribution in [0.1, 0.15) is 58.4 Å². The van der Waals surface area contributed by atoms with Crippen LogP contribution in [0.25, 0.3) is 0 Å². The lowest BCUT2D eigenvalue weighted by atomic mass is 10.0. The summed E-state index contributed by atoms with van der Waals surface area (Å²) < 4.78 is 5.73. The number of carbonyl (C=O) groups excluding carboxylic acids is 4. The van der Waals surface area contributed by atoms with E-state index in [0.717, 1.165) is 41.2 Å². The molecule has 0 saturated carbocycles. The summed E-state index contributed by atoms with van der Waals surface area (Å²) >= 11 is 0. The molecule has 1 atom stereocenters. The number of imide groups is 2. The molecule has 9 nitrogen and oxygen atoms in total. The van der Waals surface area contributed by atoms with Crippen molar-refractivity contribution in [2.75, 3.05) is 18.5 Å². The summed E-state index contributed by atoms with van der Waals surface area (Å²) in [4.78, 5) is 50.3. The molecule has 2 aromatic rings. The van der Waals surface area contributed by atoms with Crippen LogP contribution in [-0.4, -0.2) is 47.7 Å². The number of unbranched alkanes of at least 4 members (excludes halogenated alkanes) is 2. The molecule has 2 aliphatic heterocycles. The van der Waals surface area contributed by atoms with Crippen LogP contribution < -0.4 is 21.1 Å². The van der Waals surface area contributed by atoms with Crippen LogP contribution in [0, 0.1) is 0 Å². The highest BCUT2D eigenvalue weighted by molar-refractivity contribution is 6.23. The molecule has 0 aromatic heterocycles. The number of carbonyl (C=O) groups is 4. The second kappa shape index (κ2) is 10.5. The van der Waals surface area contributed by atoms with Crippen molar-refractivity contribution >= 4 is 29.3 Å². The minimum absolute atomic E-state index is 0.0943. The molecule has 2 aliphatic rings. The van der Waals surface area contributed by atoms with Crippen LogP contribution in [0.2, 0.25) is 0 Å². The maximum atomic E-state index is 12.9. The van der Waals surface area contributed by atoms with Crippen molar-refractivity contribution in [3.05, 3.63) is 59.2 Å². The summed E-state index contributed by atoms with van der Waals surface area (Å²) in [5.74, 6) is -1.23. The van der Waals surface area contributed by atoms with Crippen molar-refractivity contribution < 1.29 is 23.9 Å². The van der Waals surface area contributed by atoms with Gasteiger partial charge in [0.15, 0.2) is 0 Å². The molecule has 0 aliphatic carbocycles. The molecule has 0 radical (unpaired) electrons. The van der Waals surface area contributed by atoms with Gasteiger partial charge in [-0.15, -0.1) is 0 Å². The predicted molar refractivity (Wildman–Crippen MR) is 125 cm³/mol. The number of fused-ring (bicyclic) bond motifs is 1. The van der Waals surface area contributed by atoms with E-state index < -0.39 is 29.7 Å². The largest absolute Gasteiger partial charge is 0.494 e. The Kier molecular flexibility index (Phi) is 7.22. The lowest BCUT2D eigenvalue weighted by Gasteiger charge is -2.27. The number of ether oxygens (including phenoxy) is 1. The van der Waals surface area contributed by atoms with E-state index >= 15 is 0 Å². The van der Waals surface area contributed by atoms with E-state index in [0.29, 0.717) is 19.7 Å². The van der Waals surface area contributed by atoms with E-state index in [9.17, 15) is 19.2 Å². The molecule has 4 N–H and O–H groups in total. The van der Waals surface area contributed by atoms with Crippen molar-refractivity contribution in [1.82, 2.24) is 10.2 Å². The average molecular weight is 465 g/mol. The van der Waals surface area contributed by atoms with E-state index in [4.69, 9.17) is 10.5 Å². The number of amides is 4. The fourth-order valence-electron chi connectivity index (χ4n) is 4.11. The van der Waals surface area contributed by atoms with E-state index in [1.54, 1.807) is 18.2 Å². The average Bonchev–Trinajstić information content (AvgIpc) is 3.08. The minimum Gasteiger partial charge on any atom is -0.494 e. The third kappa shape index (κ3) is 5.09. The highest BCUT2D eigenvalue weighted by Crippen LogP contribution is 2.28. The van der Waals surface area contributed by atoms with Crippen LogP contribution in [0.5, 0.6) is 5.75 Å². The van der Waals surface area contributed by atoms with Gasteiger partial charge >= 0.3 is 0 Å². The van der Waals surface area contributed by atoms with Crippen molar-refractivity contribution in [3.8, 4) is 5.75 Å². The number of piperidine rings is 1. The minimum atomic E-state index is -0.965. The van der Waals surface area contributed by atoms with Gasteiger partial charge in [0.25, 0.3) is 11.8 Å². The Morgan fingerprint density at radius 3 is 2.47 bits per heavy atom. The highest BCUT2D eigenvalue weighted by Gasteiger charge is 2.44. The van der Waals surface area contributed by atoms with E-state index in [1.165, 1.54) is 0 Å². The molecule has 9 heteroatoms. The summed E-state index contributed by atoms with van der Waals surface area (Å²) in [5, 5.41) is 5.49. The standard InChI is InChI=1S/C25H28N4O5/c26-12-2-1-3-13-34-18-7-5-17(6-8-18)27-15-16-4-9-19-20(14-16)25(33)29(24(19)32)21-10-11-22(30)28-23(21)31/h4-9,14,21,27H,1-3,10-13,15,26H2,(H,28,30,31). The van der Waals surface area contributed by atoms with Gasteiger partial charge in [-0.05, 0) is 74.2 Å². The lowest BCUT2D eigenvalue weighted by Crippen LogP contribution is -2.54. The normalized spacial score (nSPS) is 17.6. The summed E-state index contributed by atoms with van der Waals surface area (Å²) in [5.41, 5.74) is 7.75. The lowest BCUT2D eigenvalue weighted by molar-refractivity contribution is -0.136. The molecule has 1 fully saturated rings. The fourth-order valence-corrected chi connectivity index (χ4v) is 4.11. The molecule has 0 spiro atoms. The highest BCUT2D eigenvalue weighted by atomic mass is 16.5. The van der Waals surface area contributed by atoms with Crippen LogP contribution in [-0.2, 0) is 16.1 Å². The number of rotatable bonds is 10. The first-order chi connectivity index (χ1) is 16.5. The van der Waals surface area contributed by atoms with Gasteiger partial charge < -0.3 is 15.8 Å². The molecular weight excluding hydrogens is 436 g/mol. The topological polar surface area (TPSA) is 131 Å². The fraction of sp³-hybridized carbons (Fsp3) is 0.360. The number of nitrogens with zero attached hydrogens (tertiary/aromatic N) is 1. The van der Waals surface area contributed by atoms with Crippen LogP contribution in [0.4, 0.5) is 5.69 Å². The van der Waals surface area contributed by atoms with Crippen molar-refractivity contribution in [2.24, 2.45) is 5.73 Å². The Balaban J connectivity index is 1.35. The van der Waals surface area contributed by atoms with Crippen LogP contribution in [0.15, 0.2) is 42.5 Å². The zero-order valence-electron chi connectivity index (χ0n) is 18.8. The number of benzene rings is 2. The maximum absolute atomic E-state index is 12.9. The van der Waals surface area contributed by atoms with Gasteiger partial charge in [0.1, 0.15) is 11.8 Å². The van der Waals surface area contributed by atoms with Crippen LogP contribution >= 0.6 is 0 Å². The molecule has 1 unspecified atom stereocenters. The van der Waals surface area contributed by atoms with E-state index in [-0.39, 0.29) is 24.0 Å². The second-order valence-electron chi connectivity index (χ2n) is 8.40. The van der Waals surface area contributed by atoms with Crippen LogP contribution in [0.3, 0.4) is 0 Å². The van der Waals surface area contributed by atoms with Crippen molar-refractivity contribution in [3.63, 3.8) is 0 Å². The molecule has 4 amide bonds. The van der Waals surface area contributed by atoms with Gasteiger partial charge in [0.05, 0.1) is 17.7 Å². The maximum Gasteiger partial charge on any atom is 0.262 e. The summed E-state index contributed by atoms with van der Waals surface area (Å²) in [6.45, 7) is 1.81. The first-order valence-electron chi connectivity index (χ1n) is 11.5. The van der Waals surface area contributed by atoms with Crippen molar-refractivity contribution in [1.29, 1.82) is 0 Å². The van der Waals surface area contributed by atoms with Gasteiger partial charge in [-0.2, -0.15) is 0 Å². The first-order valence-corrected chi connectivity index (χ1v) is 11.5. The van der Waals surface area contributed by atoms with E-state index in [2.05, 4.69) is 10.6 Å². The number of nitrogens with two attached hydrogens (primary N) is 1. The Labute approximate surface area is 197 Å². The molecule has 0 bridgehead atoms. The molecule has 1 saturated heterocycles. The molecular formula is C25H28N4O5. The summed E-state index contributed by atoms with van der Waals surface area (Å²) in [6, 6.07) is 11.7. The molecule has 34 heavy (non-hydrogen) atoms. The zero-order chi connectivity index (χ0) is 24.1. The van der Waals surface area contributed by atoms with E-state index in [1.807, 2.05) is 24.3 Å². The van der Waals surface area contributed by atoms with Gasteiger partial charge in [0, 0.05) is 18.7 Å². The number of anilines is 1. The smallest absolute Gasteiger partial charge is 0.262 e. The SMILES string of the molecule is NCCCCCOc1ccc(NCc2ccc3c(c2)C(=O)N(C2CCC(=O)NC2=O)C3=O)cc1. The molecule has 2 aromatic carbocycles. The van der Waals surface area contributed by atoms with Crippen molar-refractivity contribution in [2.45, 2.75) is 44.7 Å². The third-order valence-electron chi connectivity index (χ3n) is 5.97. The Morgan fingerprint density at radius 2 is 1.74 bits per heavy atom. The zero-order valence-corrected chi connectivity index (χ0v) is 18.8. The predicted octanol–water partition coefficient (Wildman–Crippen LogP) is 2.21. The van der Waals surface area contributed by atoms with Gasteiger partial charge in [-0.1, -0.05) is 6.07 Å². The quantitative estimate of drug-likeness (QED) is 0.363. The summed E-state index contributed by atoms with van der Waals surface area (Å²) in [7, 11) is 0. The number of nitrogens with one attached hydrogen (secondary N) is 2. The number of hydrogen-bond acceptors (Lipinski definition) is 7. The number of hydrogen-bond donors (Lipinski definition) is 3. The Hall–Kier alpha value is -3.72. The molecule has 4 rings (SSSR count). The monoisotopic (exact) mass is 464 g/mol. The van der Waals surface area contributed by atoms with Gasteiger partial charge in [0.2, 0.25) is 11.8 Å². The van der Waals surface area contributed by atoms with Gasteiger partial charge in [-0.25, -0.2) is 0 Å². The Morgan fingerprint density at radius 1 is 0.971 bits per heavy atom. The first kappa shape index (κ1) is 23.4. The third-order valence-corrected chi connectivity index (χ3v) is 5.97. The molecule has 2 heterocycles. The Bertz CT molecular complexity index is 1100. The summed E-state index contributed by atoms with van der Waals surface area (Å²) in [6.07, 6.45) is 3.26.